The summed E-state index contributed by atoms with van der Waals surface area (Å²) < 4.78 is 8.58. The quantitative estimate of drug-likeness (QED) is 0.506. The highest BCUT2D eigenvalue weighted by Crippen LogP contribution is 2.08. The predicted octanol–water partition coefficient (Wildman–Crippen LogP) is 0.948. The Hall–Kier alpha value is -1.52. The first-order valence-corrected chi connectivity index (χ1v) is 4.92. The topological polar surface area (TPSA) is 55.8 Å². The number of cyclic esters (lactones) is 2. The van der Waals surface area contributed by atoms with Gasteiger partial charge in [0.25, 0.3) is 0 Å². The normalized spacial score (nSPS) is 19.1. The Bertz CT molecular complexity index is 244. The minimum Gasteiger partial charge on any atom is -0.431 e. The molecular weight excluding hydrogens is 198 g/mol. The van der Waals surface area contributed by atoms with Crippen molar-refractivity contribution in [2.24, 2.45) is 0 Å². The second-order valence-corrected chi connectivity index (χ2v) is 3.18. The van der Waals surface area contributed by atoms with Crippen molar-refractivity contribution >= 4 is 12.1 Å². The summed E-state index contributed by atoms with van der Waals surface area (Å²) in [6, 6.07) is 0. The molecule has 5 heteroatoms. The zero-order chi connectivity index (χ0) is 11.1. The molecule has 5 nitrogen and oxygen atoms in total. The van der Waals surface area contributed by atoms with E-state index in [0.29, 0.717) is 13.2 Å². The highest BCUT2D eigenvalue weighted by atomic mass is 16.8. The van der Waals surface area contributed by atoms with Gasteiger partial charge in [-0.2, -0.15) is 0 Å². The molecule has 0 atom stereocenters. The molecule has 0 aromatic heterocycles. The van der Waals surface area contributed by atoms with Crippen LogP contribution >= 0.6 is 0 Å². The molecule has 0 unspecified atom stereocenters. The van der Waals surface area contributed by atoms with Gasteiger partial charge in [-0.05, 0) is 6.42 Å². The molecule has 0 saturated carbocycles. The van der Waals surface area contributed by atoms with Crippen molar-refractivity contribution in [1.82, 2.24) is 4.90 Å². The number of hydrogen-bond acceptors (Lipinski definition) is 4. The van der Waals surface area contributed by atoms with E-state index in [1.165, 1.54) is 0 Å². The van der Waals surface area contributed by atoms with Crippen molar-refractivity contribution in [2.75, 3.05) is 26.3 Å². The third kappa shape index (κ3) is 4.01. The summed E-state index contributed by atoms with van der Waals surface area (Å²) in [6.07, 6.45) is 2.97. The molecule has 0 aromatic carbocycles. The van der Waals surface area contributed by atoms with Crippen LogP contribution in [0.1, 0.15) is 12.8 Å². The van der Waals surface area contributed by atoms with E-state index in [-0.39, 0.29) is 5.91 Å². The van der Waals surface area contributed by atoms with Crippen molar-refractivity contribution < 1.29 is 19.1 Å². The Balaban J connectivity index is 0.000000162. The van der Waals surface area contributed by atoms with Crippen molar-refractivity contribution in [2.45, 2.75) is 12.8 Å². The molecule has 2 fully saturated rings. The van der Waals surface area contributed by atoms with Crippen LogP contribution < -0.4 is 0 Å². The van der Waals surface area contributed by atoms with Gasteiger partial charge in [0, 0.05) is 19.5 Å². The molecule has 0 aliphatic carbocycles. The summed E-state index contributed by atoms with van der Waals surface area (Å²) in [7, 11) is 0. The monoisotopic (exact) mass is 213 g/mol. The first-order valence-electron chi connectivity index (χ1n) is 4.92. The highest BCUT2D eigenvalue weighted by molar-refractivity contribution is 5.78. The van der Waals surface area contributed by atoms with Crippen LogP contribution in [0.5, 0.6) is 0 Å². The Labute approximate surface area is 88.6 Å². The fraction of sp³-hybridized carbons (Fsp3) is 0.600. The highest BCUT2D eigenvalue weighted by Gasteiger charge is 2.17. The van der Waals surface area contributed by atoms with Gasteiger partial charge in [-0.1, -0.05) is 6.08 Å². The second kappa shape index (κ2) is 6.06. The van der Waals surface area contributed by atoms with E-state index in [9.17, 15) is 9.59 Å². The Kier molecular flexibility index (Phi) is 4.66. The lowest BCUT2D eigenvalue weighted by Gasteiger charge is -2.10. The van der Waals surface area contributed by atoms with E-state index in [0.717, 1.165) is 25.9 Å². The summed E-state index contributed by atoms with van der Waals surface area (Å²) in [5.41, 5.74) is 0. The van der Waals surface area contributed by atoms with Crippen LogP contribution in [0.3, 0.4) is 0 Å². The fourth-order valence-corrected chi connectivity index (χ4v) is 1.34. The summed E-state index contributed by atoms with van der Waals surface area (Å²) >= 11 is 0. The molecule has 2 rings (SSSR count). The zero-order valence-corrected chi connectivity index (χ0v) is 8.61. The number of amides is 1. The molecular formula is C10H15NO4. The van der Waals surface area contributed by atoms with E-state index >= 15 is 0 Å². The molecule has 2 heterocycles. The Morgan fingerprint density at radius 1 is 1.33 bits per heavy atom. The third-order valence-electron chi connectivity index (χ3n) is 2.04. The number of carbonyl (C=O) groups is 2. The zero-order valence-electron chi connectivity index (χ0n) is 8.61. The Morgan fingerprint density at radius 3 is 2.33 bits per heavy atom. The van der Waals surface area contributed by atoms with Gasteiger partial charge in [-0.15, -0.1) is 6.58 Å². The minimum absolute atomic E-state index is 0.273. The number of rotatable bonds is 2. The lowest BCUT2D eigenvalue weighted by atomic mass is 10.4. The SMILES string of the molecule is C=CCN1CCCC1=O.O=C1OCCO1. The van der Waals surface area contributed by atoms with Crippen LogP contribution in [-0.2, 0) is 14.3 Å². The smallest absolute Gasteiger partial charge is 0.431 e. The molecule has 15 heavy (non-hydrogen) atoms. The van der Waals surface area contributed by atoms with Crippen LogP contribution in [0.15, 0.2) is 12.7 Å². The second-order valence-electron chi connectivity index (χ2n) is 3.18. The van der Waals surface area contributed by atoms with Crippen molar-refractivity contribution in [3.63, 3.8) is 0 Å². The van der Waals surface area contributed by atoms with Crippen molar-refractivity contribution in [3.8, 4) is 0 Å². The Morgan fingerprint density at radius 2 is 2.00 bits per heavy atom. The standard InChI is InChI=1S/C7H11NO.C3H4O3/c1-2-5-8-6-3-4-7(8)9;4-3-5-1-2-6-3/h2H,1,3-6H2;1-2H2. The van der Waals surface area contributed by atoms with Crippen molar-refractivity contribution in [1.29, 1.82) is 0 Å². The average molecular weight is 213 g/mol. The van der Waals surface area contributed by atoms with E-state index in [1.807, 2.05) is 4.90 Å². The maximum atomic E-state index is 10.8. The van der Waals surface area contributed by atoms with E-state index < -0.39 is 6.16 Å². The minimum atomic E-state index is -0.546. The first-order chi connectivity index (χ1) is 7.24. The van der Waals surface area contributed by atoms with Gasteiger partial charge >= 0.3 is 6.16 Å². The van der Waals surface area contributed by atoms with Crippen LogP contribution in [0.2, 0.25) is 0 Å². The molecule has 0 N–H and O–H groups in total. The number of nitrogens with zero attached hydrogens (tertiary/aromatic N) is 1. The van der Waals surface area contributed by atoms with E-state index in [2.05, 4.69) is 16.1 Å². The lowest BCUT2D eigenvalue weighted by Crippen LogP contribution is -2.24. The largest absolute Gasteiger partial charge is 0.508 e. The van der Waals surface area contributed by atoms with Gasteiger partial charge in [0.15, 0.2) is 0 Å². The predicted molar refractivity (Wildman–Crippen MR) is 53.3 cm³/mol. The van der Waals surface area contributed by atoms with Crippen LogP contribution in [-0.4, -0.2) is 43.3 Å². The molecule has 0 bridgehead atoms. The van der Waals surface area contributed by atoms with E-state index in [4.69, 9.17) is 0 Å². The van der Waals surface area contributed by atoms with Gasteiger partial charge in [-0.25, -0.2) is 4.79 Å². The lowest BCUT2D eigenvalue weighted by molar-refractivity contribution is -0.127. The molecule has 2 aliphatic heterocycles. The number of hydrogen-bond donors (Lipinski definition) is 0. The molecule has 0 radical (unpaired) electrons. The average Bonchev–Trinajstić information content (AvgIpc) is 2.81. The van der Waals surface area contributed by atoms with Crippen molar-refractivity contribution in [3.05, 3.63) is 12.7 Å². The van der Waals surface area contributed by atoms with Gasteiger partial charge in [-0.3, -0.25) is 4.79 Å². The summed E-state index contributed by atoms with van der Waals surface area (Å²) in [6.45, 7) is 6.04. The molecule has 84 valence electrons. The molecule has 0 aromatic rings. The summed E-state index contributed by atoms with van der Waals surface area (Å²) in [5.74, 6) is 0.273. The fourth-order valence-electron chi connectivity index (χ4n) is 1.34. The van der Waals surface area contributed by atoms with Gasteiger partial charge in [0.1, 0.15) is 13.2 Å². The molecule has 2 aliphatic rings. The maximum Gasteiger partial charge on any atom is 0.508 e. The van der Waals surface area contributed by atoms with Crippen LogP contribution in [0.4, 0.5) is 4.79 Å². The molecule has 2 saturated heterocycles. The van der Waals surface area contributed by atoms with Crippen LogP contribution in [0.25, 0.3) is 0 Å². The van der Waals surface area contributed by atoms with Gasteiger partial charge in [0.05, 0.1) is 0 Å². The number of ether oxygens (including phenoxy) is 2. The third-order valence-corrected chi connectivity index (χ3v) is 2.04. The number of carbonyl (C=O) groups excluding carboxylic acids is 2. The van der Waals surface area contributed by atoms with Gasteiger partial charge in [0.2, 0.25) is 5.91 Å². The van der Waals surface area contributed by atoms with E-state index in [1.54, 1.807) is 6.08 Å². The molecule has 1 amide bonds. The van der Waals surface area contributed by atoms with Gasteiger partial charge < -0.3 is 14.4 Å². The first kappa shape index (κ1) is 11.6. The maximum absolute atomic E-state index is 10.8. The summed E-state index contributed by atoms with van der Waals surface area (Å²) in [4.78, 5) is 22.5. The summed E-state index contributed by atoms with van der Waals surface area (Å²) in [5, 5.41) is 0. The number of likely N-dealkylation sites (tertiary alicyclic amines) is 1. The molecule has 0 spiro atoms. The van der Waals surface area contributed by atoms with Crippen LogP contribution in [0, 0.1) is 0 Å².